The van der Waals surface area contributed by atoms with Crippen molar-refractivity contribution >= 4 is 37.7 Å². The predicted octanol–water partition coefficient (Wildman–Crippen LogP) is 6.13. The monoisotopic (exact) mass is 347 g/mol. The van der Waals surface area contributed by atoms with Gasteiger partial charge in [-0.3, -0.25) is 0 Å². The molecule has 4 aromatic rings. The Morgan fingerprint density at radius 3 is 2.45 bits per heavy atom. The Morgan fingerprint density at radius 1 is 0.773 bits per heavy atom. The van der Waals surface area contributed by atoms with E-state index in [4.69, 9.17) is 4.98 Å². The van der Waals surface area contributed by atoms with Crippen molar-refractivity contribution in [3.05, 3.63) is 76.8 Å². The van der Waals surface area contributed by atoms with E-state index in [1.54, 1.807) is 0 Å². The second kappa shape index (κ2) is 5.22. The lowest BCUT2D eigenvalue weighted by Gasteiger charge is -2.12. The fourth-order valence-corrected chi connectivity index (χ4v) is 3.36. The van der Waals surface area contributed by atoms with Gasteiger partial charge in [-0.25, -0.2) is 4.98 Å². The van der Waals surface area contributed by atoms with Crippen LogP contribution in [0, 0.1) is 6.92 Å². The zero-order valence-electron chi connectivity index (χ0n) is 12.2. The standard InChI is InChI=1S/C20H14BrN/c1-13-9-10-17-19(11-13)22-18-8-3-2-7-16(18)20(17)14-5-4-6-15(21)12-14/h2-12H,1H3. The van der Waals surface area contributed by atoms with Crippen molar-refractivity contribution in [1.82, 2.24) is 4.98 Å². The molecule has 106 valence electrons. The third-order valence-electron chi connectivity index (χ3n) is 3.95. The lowest BCUT2D eigenvalue weighted by Crippen LogP contribution is -1.89. The maximum absolute atomic E-state index is 4.84. The summed E-state index contributed by atoms with van der Waals surface area (Å²) in [7, 11) is 0. The molecule has 22 heavy (non-hydrogen) atoms. The molecule has 0 aliphatic heterocycles. The second-order valence-corrected chi connectivity index (χ2v) is 6.45. The van der Waals surface area contributed by atoms with Crippen LogP contribution < -0.4 is 0 Å². The molecule has 0 spiro atoms. The SMILES string of the molecule is Cc1ccc2c(-c3cccc(Br)c3)c3ccccc3nc2c1. The molecule has 4 rings (SSSR count). The summed E-state index contributed by atoms with van der Waals surface area (Å²) in [6.07, 6.45) is 0. The van der Waals surface area contributed by atoms with Gasteiger partial charge in [0.15, 0.2) is 0 Å². The molecule has 1 aromatic heterocycles. The number of hydrogen-bond acceptors (Lipinski definition) is 1. The van der Waals surface area contributed by atoms with Crippen LogP contribution in [-0.2, 0) is 0 Å². The Balaban J connectivity index is 2.21. The van der Waals surface area contributed by atoms with E-state index in [1.807, 2.05) is 6.07 Å². The Bertz CT molecular complexity index is 1000. The molecule has 1 nitrogen and oxygen atoms in total. The number of nitrogens with zero attached hydrogens (tertiary/aromatic N) is 1. The van der Waals surface area contributed by atoms with Crippen molar-refractivity contribution in [2.24, 2.45) is 0 Å². The first kappa shape index (κ1) is 13.5. The van der Waals surface area contributed by atoms with Gasteiger partial charge in [0.05, 0.1) is 11.0 Å². The summed E-state index contributed by atoms with van der Waals surface area (Å²) in [5.74, 6) is 0. The number of para-hydroxylation sites is 1. The summed E-state index contributed by atoms with van der Waals surface area (Å²) >= 11 is 3.58. The molecule has 2 heteroatoms. The van der Waals surface area contributed by atoms with Crippen LogP contribution in [-0.4, -0.2) is 4.98 Å². The largest absolute Gasteiger partial charge is 0.248 e. The average molecular weight is 348 g/mol. The third kappa shape index (κ3) is 2.20. The highest BCUT2D eigenvalue weighted by Crippen LogP contribution is 2.35. The zero-order valence-corrected chi connectivity index (χ0v) is 13.8. The van der Waals surface area contributed by atoms with Gasteiger partial charge in [0.2, 0.25) is 0 Å². The van der Waals surface area contributed by atoms with Crippen molar-refractivity contribution in [2.75, 3.05) is 0 Å². The average Bonchev–Trinajstić information content (AvgIpc) is 2.52. The van der Waals surface area contributed by atoms with Crippen LogP contribution >= 0.6 is 15.9 Å². The number of halogens is 1. The molecule has 0 N–H and O–H groups in total. The van der Waals surface area contributed by atoms with Crippen LogP contribution in [0.15, 0.2) is 71.2 Å². The van der Waals surface area contributed by atoms with Gasteiger partial charge in [-0.1, -0.05) is 58.4 Å². The van der Waals surface area contributed by atoms with Gasteiger partial charge in [-0.15, -0.1) is 0 Å². The van der Waals surface area contributed by atoms with Gasteiger partial charge in [0, 0.05) is 20.8 Å². The highest BCUT2D eigenvalue weighted by atomic mass is 79.9. The van der Waals surface area contributed by atoms with Crippen molar-refractivity contribution in [1.29, 1.82) is 0 Å². The lowest BCUT2D eigenvalue weighted by atomic mass is 9.95. The number of aryl methyl sites for hydroxylation is 1. The van der Waals surface area contributed by atoms with Crippen LogP contribution in [0.4, 0.5) is 0 Å². The number of aromatic nitrogens is 1. The first-order valence-corrected chi connectivity index (χ1v) is 8.07. The number of pyridine rings is 1. The maximum Gasteiger partial charge on any atom is 0.0718 e. The predicted molar refractivity (Wildman–Crippen MR) is 97.1 cm³/mol. The Hall–Kier alpha value is -2.19. The van der Waals surface area contributed by atoms with E-state index in [2.05, 4.69) is 83.5 Å². The minimum atomic E-state index is 1.04. The van der Waals surface area contributed by atoms with Gasteiger partial charge in [0.1, 0.15) is 0 Å². The number of benzene rings is 3. The molecule has 0 saturated heterocycles. The van der Waals surface area contributed by atoms with Crippen molar-refractivity contribution in [2.45, 2.75) is 6.92 Å². The smallest absolute Gasteiger partial charge is 0.0718 e. The van der Waals surface area contributed by atoms with Crippen molar-refractivity contribution in [3.63, 3.8) is 0 Å². The number of hydrogen-bond donors (Lipinski definition) is 0. The normalized spacial score (nSPS) is 11.2. The number of fused-ring (bicyclic) bond motifs is 2. The molecule has 1 heterocycles. The molecule has 3 aromatic carbocycles. The third-order valence-corrected chi connectivity index (χ3v) is 4.44. The molecule has 0 radical (unpaired) electrons. The van der Waals surface area contributed by atoms with E-state index in [9.17, 15) is 0 Å². The summed E-state index contributed by atoms with van der Waals surface area (Å²) in [6.45, 7) is 2.11. The minimum absolute atomic E-state index is 1.04. The molecule has 0 unspecified atom stereocenters. The Kier molecular flexibility index (Phi) is 3.20. The summed E-state index contributed by atoms with van der Waals surface area (Å²) in [5, 5.41) is 2.39. The summed E-state index contributed by atoms with van der Waals surface area (Å²) < 4.78 is 1.09. The molecule has 0 bridgehead atoms. The first-order chi connectivity index (χ1) is 10.7. The Labute approximate surface area is 137 Å². The topological polar surface area (TPSA) is 12.9 Å². The summed E-state index contributed by atoms with van der Waals surface area (Å²) in [5.41, 5.74) is 5.78. The van der Waals surface area contributed by atoms with E-state index in [1.165, 1.54) is 27.5 Å². The molecule has 0 saturated carbocycles. The Morgan fingerprint density at radius 2 is 1.59 bits per heavy atom. The maximum atomic E-state index is 4.84. The van der Waals surface area contributed by atoms with Crippen LogP contribution in [0.1, 0.15) is 5.56 Å². The van der Waals surface area contributed by atoms with E-state index in [-0.39, 0.29) is 0 Å². The lowest BCUT2D eigenvalue weighted by molar-refractivity contribution is 1.44. The first-order valence-electron chi connectivity index (χ1n) is 7.27. The van der Waals surface area contributed by atoms with Gasteiger partial charge in [0.25, 0.3) is 0 Å². The van der Waals surface area contributed by atoms with Crippen LogP contribution in [0.25, 0.3) is 32.9 Å². The molecule has 0 aliphatic carbocycles. The summed E-state index contributed by atoms with van der Waals surface area (Å²) in [4.78, 5) is 4.84. The van der Waals surface area contributed by atoms with Crippen molar-refractivity contribution < 1.29 is 0 Å². The fraction of sp³-hybridized carbons (Fsp3) is 0.0500. The summed E-state index contributed by atoms with van der Waals surface area (Å²) in [6, 6.07) is 23.3. The van der Waals surface area contributed by atoms with E-state index >= 15 is 0 Å². The molecule has 0 aliphatic rings. The highest BCUT2D eigenvalue weighted by molar-refractivity contribution is 9.10. The van der Waals surface area contributed by atoms with Crippen LogP contribution in [0.2, 0.25) is 0 Å². The molecule has 0 atom stereocenters. The van der Waals surface area contributed by atoms with Gasteiger partial charge >= 0.3 is 0 Å². The van der Waals surface area contributed by atoms with Gasteiger partial charge in [-0.05, 0) is 42.3 Å². The fourth-order valence-electron chi connectivity index (χ4n) is 2.96. The molecule has 0 fully saturated rings. The molecule has 0 amide bonds. The van der Waals surface area contributed by atoms with Gasteiger partial charge < -0.3 is 0 Å². The quantitative estimate of drug-likeness (QED) is 0.377. The zero-order chi connectivity index (χ0) is 15.1. The van der Waals surface area contributed by atoms with E-state index in [0.717, 1.165) is 15.5 Å². The van der Waals surface area contributed by atoms with Crippen molar-refractivity contribution in [3.8, 4) is 11.1 Å². The highest BCUT2D eigenvalue weighted by Gasteiger charge is 2.11. The van der Waals surface area contributed by atoms with Gasteiger partial charge in [-0.2, -0.15) is 0 Å². The van der Waals surface area contributed by atoms with E-state index in [0.29, 0.717) is 0 Å². The minimum Gasteiger partial charge on any atom is -0.248 e. The van der Waals surface area contributed by atoms with E-state index < -0.39 is 0 Å². The van der Waals surface area contributed by atoms with Crippen LogP contribution in [0.5, 0.6) is 0 Å². The van der Waals surface area contributed by atoms with Crippen LogP contribution in [0.3, 0.4) is 0 Å². The molecular weight excluding hydrogens is 334 g/mol. The second-order valence-electron chi connectivity index (χ2n) is 5.53. The number of rotatable bonds is 1. The molecular formula is C20H14BrN.